The van der Waals surface area contributed by atoms with Crippen LogP contribution in [0.4, 0.5) is 0 Å². The van der Waals surface area contributed by atoms with Gasteiger partial charge in [-0.3, -0.25) is 4.79 Å². The van der Waals surface area contributed by atoms with Crippen molar-refractivity contribution >= 4 is 18.3 Å². The van der Waals surface area contributed by atoms with Gasteiger partial charge in [0.25, 0.3) is 5.91 Å². The van der Waals surface area contributed by atoms with E-state index in [-0.39, 0.29) is 30.5 Å². The Labute approximate surface area is 116 Å². The molecule has 2 heterocycles. The van der Waals surface area contributed by atoms with Crippen LogP contribution in [0.25, 0.3) is 0 Å². The molecule has 2 rings (SSSR count). The van der Waals surface area contributed by atoms with E-state index in [1.807, 2.05) is 4.90 Å². The van der Waals surface area contributed by atoms with Crippen LogP contribution in [0.15, 0.2) is 0 Å². The minimum Gasteiger partial charge on any atom is -0.368 e. The van der Waals surface area contributed by atoms with E-state index >= 15 is 0 Å². The van der Waals surface area contributed by atoms with Crippen molar-refractivity contribution < 1.29 is 9.53 Å². The maximum absolute atomic E-state index is 12.2. The molecule has 2 aliphatic heterocycles. The van der Waals surface area contributed by atoms with Gasteiger partial charge in [-0.2, -0.15) is 0 Å². The predicted octanol–water partition coefficient (Wildman–Crippen LogP) is 1.56. The van der Waals surface area contributed by atoms with E-state index in [0.29, 0.717) is 5.92 Å². The van der Waals surface area contributed by atoms with E-state index in [4.69, 9.17) is 10.5 Å². The molecular formula is C13H25ClN2O2. The summed E-state index contributed by atoms with van der Waals surface area (Å²) in [7, 11) is 0. The first kappa shape index (κ1) is 15.7. The highest BCUT2D eigenvalue weighted by molar-refractivity contribution is 5.85. The molecule has 2 unspecified atom stereocenters. The molecule has 0 bridgehead atoms. The van der Waals surface area contributed by atoms with Crippen LogP contribution < -0.4 is 5.73 Å². The summed E-state index contributed by atoms with van der Waals surface area (Å²) < 4.78 is 5.55. The van der Waals surface area contributed by atoms with Gasteiger partial charge in [-0.05, 0) is 44.9 Å². The Kier molecular flexibility index (Phi) is 6.39. The minimum atomic E-state index is -0.171. The largest absolute Gasteiger partial charge is 0.368 e. The number of likely N-dealkylation sites (tertiary alicyclic amines) is 1. The SMILES string of the molecule is CC(N)C1CCN(C(=O)C2CCCCO2)CC1.Cl. The van der Waals surface area contributed by atoms with Crippen LogP contribution in [-0.2, 0) is 9.53 Å². The van der Waals surface area contributed by atoms with Crippen LogP contribution in [0.2, 0.25) is 0 Å². The molecule has 2 aliphatic rings. The number of carbonyl (C=O) groups is 1. The molecule has 0 aromatic rings. The van der Waals surface area contributed by atoms with Crippen molar-refractivity contribution in [3.8, 4) is 0 Å². The number of hydrogen-bond acceptors (Lipinski definition) is 3. The number of nitrogens with two attached hydrogens (primary N) is 1. The molecule has 2 atom stereocenters. The Balaban J connectivity index is 0.00000162. The van der Waals surface area contributed by atoms with Crippen molar-refractivity contribution in [2.24, 2.45) is 11.7 Å². The van der Waals surface area contributed by atoms with E-state index in [1.165, 1.54) is 0 Å². The van der Waals surface area contributed by atoms with Crippen LogP contribution in [0, 0.1) is 5.92 Å². The Hall–Kier alpha value is -0.320. The van der Waals surface area contributed by atoms with Crippen LogP contribution in [0.1, 0.15) is 39.0 Å². The zero-order valence-corrected chi connectivity index (χ0v) is 12.0. The third-order valence-corrected chi connectivity index (χ3v) is 4.05. The number of amides is 1. The summed E-state index contributed by atoms with van der Waals surface area (Å²) in [5.41, 5.74) is 5.90. The molecule has 0 radical (unpaired) electrons. The van der Waals surface area contributed by atoms with E-state index in [9.17, 15) is 4.79 Å². The molecule has 0 aliphatic carbocycles. The molecule has 0 aromatic heterocycles. The monoisotopic (exact) mass is 276 g/mol. The lowest BCUT2D eigenvalue weighted by Gasteiger charge is -2.36. The number of nitrogens with zero attached hydrogens (tertiary/aromatic N) is 1. The molecule has 5 heteroatoms. The number of halogens is 1. The van der Waals surface area contributed by atoms with Crippen LogP contribution in [0.3, 0.4) is 0 Å². The second-order valence-corrected chi connectivity index (χ2v) is 5.38. The third kappa shape index (κ3) is 3.84. The molecule has 0 aromatic carbocycles. The van der Waals surface area contributed by atoms with Gasteiger partial charge in [0.15, 0.2) is 0 Å². The van der Waals surface area contributed by atoms with E-state index < -0.39 is 0 Å². The highest BCUT2D eigenvalue weighted by atomic mass is 35.5. The molecule has 2 saturated heterocycles. The molecule has 2 N–H and O–H groups in total. The van der Waals surface area contributed by atoms with E-state index in [1.54, 1.807) is 0 Å². The lowest BCUT2D eigenvalue weighted by molar-refractivity contribution is -0.148. The maximum atomic E-state index is 12.2. The third-order valence-electron chi connectivity index (χ3n) is 4.05. The fourth-order valence-corrected chi connectivity index (χ4v) is 2.78. The van der Waals surface area contributed by atoms with Crippen molar-refractivity contribution in [2.45, 2.75) is 51.2 Å². The average molecular weight is 277 g/mol. The van der Waals surface area contributed by atoms with Gasteiger partial charge in [-0.25, -0.2) is 0 Å². The van der Waals surface area contributed by atoms with Gasteiger partial charge in [0.2, 0.25) is 0 Å². The zero-order valence-electron chi connectivity index (χ0n) is 11.1. The van der Waals surface area contributed by atoms with E-state index in [0.717, 1.165) is 51.8 Å². The van der Waals surface area contributed by atoms with E-state index in [2.05, 4.69) is 6.92 Å². The summed E-state index contributed by atoms with van der Waals surface area (Å²) in [5, 5.41) is 0. The highest BCUT2D eigenvalue weighted by Gasteiger charge is 2.30. The maximum Gasteiger partial charge on any atom is 0.251 e. The Morgan fingerprint density at radius 2 is 1.94 bits per heavy atom. The first-order valence-electron chi connectivity index (χ1n) is 6.84. The van der Waals surface area contributed by atoms with Crippen molar-refractivity contribution in [2.75, 3.05) is 19.7 Å². The quantitative estimate of drug-likeness (QED) is 0.833. The van der Waals surface area contributed by atoms with Gasteiger partial charge in [0.05, 0.1) is 0 Å². The number of rotatable bonds is 2. The van der Waals surface area contributed by atoms with Gasteiger partial charge in [-0.15, -0.1) is 12.4 Å². The lowest BCUT2D eigenvalue weighted by Crippen LogP contribution is -2.47. The molecule has 2 fully saturated rings. The normalized spacial score (nSPS) is 27.4. The Morgan fingerprint density at radius 1 is 1.28 bits per heavy atom. The number of hydrogen-bond donors (Lipinski definition) is 1. The fraction of sp³-hybridized carbons (Fsp3) is 0.923. The minimum absolute atomic E-state index is 0. The summed E-state index contributed by atoms with van der Waals surface area (Å²) in [6, 6.07) is 0.248. The Morgan fingerprint density at radius 3 is 2.44 bits per heavy atom. The molecular weight excluding hydrogens is 252 g/mol. The Bertz CT molecular complexity index is 260. The highest BCUT2D eigenvalue weighted by Crippen LogP contribution is 2.22. The summed E-state index contributed by atoms with van der Waals surface area (Å²) in [6.07, 6.45) is 5.01. The first-order valence-corrected chi connectivity index (χ1v) is 6.84. The molecule has 0 saturated carbocycles. The predicted molar refractivity (Wildman–Crippen MR) is 73.8 cm³/mol. The van der Waals surface area contributed by atoms with Crippen LogP contribution in [0.5, 0.6) is 0 Å². The zero-order chi connectivity index (χ0) is 12.3. The van der Waals surface area contributed by atoms with Crippen molar-refractivity contribution in [3.63, 3.8) is 0 Å². The van der Waals surface area contributed by atoms with Crippen LogP contribution in [-0.4, -0.2) is 42.6 Å². The smallest absolute Gasteiger partial charge is 0.251 e. The van der Waals surface area contributed by atoms with Gasteiger partial charge in [0, 0.05) is 25.7 Å². The first-order chi connectivity index (χ1) is 8.18. The second kappa shape index (κ2) is 7.31. The summed E-state index contributed by atoms with van der Waals surface area (Å²) in [5.74, 6) is 0.777. The molecule has 18 heavy (non-hydrogen) atoms. The second-order valence-electron chi connectivity index (χ2n) is 5.38. The number of carbonyl (C=O) groups excluding carboxylic acids is 1. The molecule has 4 nitrogen and oxygen atoms in total. The number of ether oxygens (including phenoxy) is 1. The standard InChI is InChI=1S/C13H24N2O2.ClH/c1-10(14)11-5-7-15(8-6-11)13(16)12-4-2-3-9-17-12;/h10-12H,2-9,14H2,1H3;1H. The van der Waals surface area contributed by atoms with Crippen LogP contribution >= 0.6 is 12.4 Å². The lowest BCUT2D eigenvalue weighted by atomic mass is 9.90. The summed E-state index contributed by atoms with van der Waals surface area (Å²) in [4.78, 5) is 14.2. The number of piperidine rings is 1. The molecule has 1 amide bonds. The van der Waals surface area contributed by atoms with Crippen molar-refractivity contribution in [3.05, 3.63) is 0 Å². The topological polar surface area (TPSA) is 55.6 Å². The summed E-state index contributed by atoms with van der Waals surface area (Å²) in [6.45, 7) is 4.51. The van der Waals surface area contributed by atoms with Gasteiger partial charge in [0.1, 0.15) is 6.10 Å². The average Bonchev–Trinajstić information content (AvgIpc) is 2.39. The van der Waals surface area contributed by atoms with Crippen molar-refractivity contribution in [1.29, 1.82) is 0 Å². The fourth-order valence-electron chi connectivity index (χ4n) is 2.78. The van der Waals surface area contributed by atoms with Gasteiger partial charge < -0.3 is 15.4 Å². The molecule has 0 spiro atoms. The molecule has 106 valence electrons. The van der Waals surface area contributed by atoms with Crippen molar-refractivity contribution in [1.82, 2.24) is 4.90 Å². The summed E-state index contributed by atoms with van der Waals surface area (Å²) >= 11 is 0. The van der Waals surface area contributed by atoms with Gasteiger partial charge >= 0.3 is 0 Å². The van der Waals surface area contributed by atoms with Gasteiger partial charge in [-0.1, -0.05) is 0 Å².